The van der Waals surface area contributed by atoms with E-state index in [1.807, 2.05) is 12.1 Å². The number of anilines is 1. The van der Waals surface area contributed by atoms with Gasteiger partial charge in [-0.15, -0.1) is 0 Å². The molecular weight excluding hydrogens is 309 g/mol. The number of pyridine rings is 1. The highest BCUT2D eigenvalue weighted by Gasteiger charge is 2.18. The number of carbonyl (C=O) groups excluding carboxylic acids is 2. The Kier molecular flexibility index (Phi) is 6.01. The fraction of sp³-hybridized carbons (Fsp3) is 0.278. The number of nitrogens with zero attached hydrogens (tertiary/aromatic N) is 3. The molecule has 1 heterocycles. The molecule has 6 heteroatoms. The van der Waals surface area contributed by atoms with E-state index < -0.39 is 5.82 Å². The van der Waals surface area contributed by atoms with Crippen LogP contribution in [-0.2, 0) is 16.0 Å². The lowest BCUT2D eigenvalue weighted by Crippen LogP contribution is -2.41. The molecule has 0 unspecified atom stereocenters. The predicted molar refractivity (Wildman–Crippen MR) is 90.0 cm³/mol. The summed E-state index contributed by atoms with van der Waals surface area (Å²) in [4.78, 5) is 31.0. The van der Waals surface area contributed by atoms with Crippen LogP contribution in [0.2, 0.25) is 0 Å². The Bertz CT molecular complexity index is 706. The van der Waals surface area contributed by atoms with E-state index in [0.717, 1.165) is 5.56 Å². The second-order valence-corrected chi connectivity index (χ2v) is 5.51. The summed E-state index contributed by atoms with van der Waals surface area (Å²) in [5.41, 5.74) is 1.46. The van der Waals surface area contributed by atoms with Gasteiger partial charge >= 0.3 is 0 Å². The molecule has 0 saturated carbocycles. The van der Waals surface area contributed by atoms with Crippen molar-refractivity contribution in [3.05, 3.63) is 60.2 Å². The third-order valence-corrected chi connectivity index (χ3v) is 3.70. The van der Waals surface area contributed by atoms with Gasteiger partial charge in [0.1, 0.15) is 12.4 Å². The third-order valence-electron chi connectivity index (χ3n) is 3.70. The molecule has 0 bridgehead atoms. The first kappa shape index (κ1) is 17.6. The third kappa shape index (κ3) is 4.87. The molecule has 0 spiro atoms. The second-order valence-electron chi connectivity index (χ2n) is 5.51. The first-order valence-corrected chi connectivity index (χ1v) is 7.64. The van der Waals surface area contributed by atoms with Gasteiger partial charge in [0, 0.05) is 38.6 Å². The van der Waals surface area contributed by atoms with Crippen molar-refractivity contribution in [3.63, 3.8) is 0 Å². The standard InChI is InChI=1S/C18H20FN3O2/c1-14(23)22(17-5-3-4-16(19)12-17)13-18(24)21(2)11-8-15-6-9-20-10-7-15/h3-7,9-10,12H,8,11,13H2,1-2H3. The van der Waals surface area contributed by atoms with Gasteiger partial charge in [0.05, 0.1) is 0 Å². The average molecular weight is 329 g/mol. The van der Waals surface area contributed by atoms with Crippen molar-refractivity contribution < 1.29 is 14.0 Å². The molecule has 0 saturated heterocycles. The lowest BCUT2D eigenvalue weighted by atomic mass is 10.2. The summed E-state index contributed by atoms with van der Waals surface area (Å²) < 4.78 is 13.4. The van der Waals surface area contributed by atoms with Crippen molar-refractivity contribution >= 4 is 17.5 Å². The van der Waals surface area contributed by atoms with Gasteiger partial charge in [-0.25, -0.2) is 4.39 Å². The molecule has 126 valence electrons. The number of hydrogen-bond donors (Lipinski definition) is 0. The van der Waals surface area contributed by atoms with Crippen LogP contribution in [0.5, 0.6) is 0 Å². The zero-order valence-electron chi connectivity index (χ0n) is 13.8. The van der Waals surface area contributed by atoms with Crippen LogP contribution in [0.25, 0.3) is 0 Å². The van der Waals surface area contributed by atoms with Gasteiger partial charge in [-0.2, -0.15) is 0 Å². The SMILES string of the molecule is CC(=O)N(CC(=O)N(C)CCc1ccncc1)c1cccc(F)c1. The van der Waals surface area contributed by atoms with Crippen LogP contribution in [0.1, 0.15) is 12.5 Å². The number of likely N-dealkylation sites (N-methyl/N-ethyl adjacent to an activating group) is 1. The molecule has 0 fully saturated rings. The average Bonchev–Trinajstić information content (AvgIpc) is 2.57. The van der Waals surface area contributed by atoms with Crippen LogP contribution in [0, 0.1) is 5.82 Å². The van der Waals surface area contributed by atoms with E-state index in [0.29, 0.717) is 18.7 Å². The topological polar surface area (TPSA) is 53.5 Å². The Morgan fingerprint density at radius 3 is 2.50 bits per heavy atom. The molecule has 0 aliphatic carbocycles. The molecule has 0 aliphatic heterocycles. The number of hydrogen-bond acceptors (Lipinski definition) is 3. The van der Waals surface area contributed by atoms with Crippen molar-refractivity contribution in [2.75, 3.05) is 25.0 Å². The molecule has 0 aliphatic rings. The number of rotatable bonds is 6. The van der Waals surface area contributed by atoms with E-state index in [1.165, 1.54) is 30.0 Å². The molecule has 1 aromatic heterocycles. The summed E-state index contributed by atoms with van der Waals surface area (Å²) in [5.74, 6) is -0.961. The minimum Gasteiger partial charge on any atom is -0.344 e. The van der Waals surface area contributed by atoms with Crippen molar-refractivity contribution in [1.82, 2.24) is 9.88 Å². The number of carbonyl (C=O) groups is 2. The minimum absolute atomic E-state index is 0.119. The summed E-state index contributed by atoms with van der Waals surface area (Å²) in [6.07, 6.45) is 4.11. The van der Waals surface area contributed by atoms with Gasteiger partial charge in [-0.1, -0.05) is 6.07 Å². The van der Waals surface area contributed by atoms with Gasteiger partial charge < -0.3 is 9.80 Å². The Labute approximate surface area is 140 Å². The first-order chi connectivity index (χ1) is 11.5. The molecule has 0 N–H and O–H groups in total. The number of amides is 2. The molecule has 2 rings (SSSR count). The Morgan fingerprint density at radius 2 is 1.88 bits per heavy atom. The van der Waals surface area contributed by atoms with Crippen LogP contribution in [-0.4, -0.2) is 41.8 Å². The molecule has 0 atom stereocenters. The number of halogens is 1. The zero-order chi connectivity index (χ0) is 17.5. The maximum Gasteiger partial charge on any atom is 0.242 e. The monoisotopic (exact) mass is 329 g/mol. The second kappa shape index (κ2) is 8.19. The van der Waals surface area contributed by atoms with Crippen LogP contribution >= 0.6 is 0 Å². The van der Waals surface area contributed by atoms with Gasteiger partial charge in [-0.05, 0) is 42.3 Å². The molecular formula is C18H20FN3O2. The maximum atomic E-state index is 13.4. The molecule has 0 radical (unpaired) electrons. The van der Waals surface area contributed by atoms with E-state index >= 15 is 0 Å². The van der Waals surface area contributed by atoms with E-state index in [9.17, 15) is 14.0 Å². The minimum atomic E-state index is -0.447. The van der Waals surface area contributed by atoms with E-state index in [-0.39, 0.29) is 18.4 Å². The van der Waals surface area contributed by atoms with Gasteiger partial charge in [0.15, 0.2) is 0 Å². The highest BCUT2D eigenvalue weighted by molar-refractivity contribution is 5.97. The van der Waals surface area contributed by atoms with E-state index in [2.05, 4.69) is 4.98 Å². The van der Waals surface area contributed by atoms with Gasteiger partial charge in [0.2, 0.25) is 11.8 Å². The van der Waals surface area contributed by atoms with Crippen LogP contribution in [0.15, 0.2) is 48.8 Å². The summed E-state index contributed by atoms with van der Waals surface area (Å²) in [6, 6.07) is 9.45. The molecule has 5 nitrogen and oxygen atoms in total. The first-order valence-electron chi connectivity index (χ1n) is 7.64. The fourth-order valence-electron chi connectivity index (χ4n) is 2.26. The maximum absolute atomic E-state index is 13.4. The van der Waals surface area contributed by atoms with Gasteiger partial charge in [0.25, 0.3) is 0 Å². The summed E-state index contributed by atoms with van der Waals surface area (Å²) in [6.45, 7) is 1.76. The Morgan fingerprint density at radius 1 is 1.17 bits per heavy atom. The quantitative estimate of drug-likeness (QED) is 0.817. The normalized spacial score (nSPS) is 10.3. The Hall–Kier alpha value is -2.76. The molecule has 1 aromatic carbocycles. The van der Waals surface area contributed by atoms with Gasteiger partial charge in [-0.3, -0.25) is 14.6 Å². The van der Waals surface area contributed by atoms with E-state index in [1.54, 1.807) is 30.4 Å². The van der Waals surface area contributed by atoms with Crippen molar-refractivity contribution in [1.29, 1.82) is 0 Å². The summed E-state index contributed by atoms with van der Waals surface area (Å²) in [7, 11) is 1.69. The van der Waals surface area contributed by atoms with Crippen molar-refractivity contribution in [2.45, 2.75) is 13.3 Å². The lowest BCUT2D eigenvalue weighted by molar-refractivity contribution is -0.130. The van der Waals surface area contributed by atoms with E-state index in [4.69, 9.17) is 0 Å². The largest absolute Gasteiger partial charge is 0.344 e. The highest BCUT2D eigenvalue weighted by atomic mass is 19.1. The van der Waals surface area contributed by atoms with Crippen LogP contribution in [0.3, 0.4) is 0 Å². The number of aromatic nitrogens is 1. The zero-order valence-corrected chi connectivity index (χ0v) is 13.8. The predicted octanol–water partition coefficient (Wildman–Crippen LogP) is 2.27. The Balaban J connectivity index is 1.98. The smallest absolute Gasteiger partial charge is 0.242 e. The lowest BCUT2D eigenvalue weighted by Gasteiger charge is -2.24. The van der Waals surface area contributed by atoms with Crippen molar-refractivity contribution in [3.8, 4) is 0 Å². The molecule has 2 amide bonds. The van der Waals surface area contributed by atoms with Crippen LogP contribution in [0.4, 0.5) is 10.1 Å². The highest BCUT2D eigenvalue weighted by Crippen LogP contribution is 2.16. The van der Waals surface area contributed by atoms with Crippen LogP contribution < -0.4 is 4.90 Å². The number of benzene rings is 1. The fourth-order valence-corrected chi connectivity index (χ4v) is 2.26. The molecule has 24 heavy (non-hydrogen) atoms. The summed E-state index contributed by atoms with van der Waals surface area (Å²) in [5, 5.41) is 0. The van der Waals surface area contributed by atoms with Crippen molar-refractivity contribution in [2.24, 2.45) is 0 Å². The summed E-state index contributed by atoms with van der Waals surface area (Å²) >= 11 is 0. The molecule has 2 aromatic rings.